The molecule has 3 rings (SSSR count). The van der Waals surface area contributed by atoms with Gasteiger partial charge < -0.3 is 5.32 Å². The van der Waals surface area contributed by atoms with Gasteiger partial charge in [-0.15, -0.1) is 0 Å². The number of aromatic nitrogens is 3. The largest absolute Gasteiger partial charge is 0.378 e. The quantitative estimate of drug-likeness (QED) is 0.893. The SMILES string of the molecule is Cn1ncnc1CNc1ccc(S(=O)(=O)N2CCCCCC2)cc1. The second-order valence-electron chi connectivity index (χ2n) is 6.00. The Morgan fingerprint density at radius 2 is 1.75 bits per heavy atom. The van der Waals surface area contributed by atoms with Gasteiger partial charge in [0.15, 0.2) is 0 Å². The first kappa shape index (κ1) is 16.9. The molecule has 8 heteroatoms. The van der Waals surface area contributed by atoms with Crippen LogP contribution in [-0.4, -0.2) is 40.6 Å². The molecule has 0 aliphatic carbocycles. The molecule has 0 atom stereocenters. The van der Waals surface area contributed by atoms with Crippen molar-refractivity contribution in [1.29, 1.82) is 0 Å². The third-order valence-corrected chi connectivity index (χ3v) is 6.23. The molecule has 0 unspecified atom stereocenters. The summed E-state index contributed by atoms with van der Waals surface area (Å²) in [5.74, 6) is 0.816. The van der Waals surface area contributed by atoms with Gasteiger partial charge in [0.05, 0.1) is 11.4 Å². The number of benzene rings is 1. The Morgan fingerprint density at radius 1 is 1.08 bits per heavy atom. The van der Waals surface area contributed by atoms with Crippen molar-refractivity contribution in [3.05, 3.63) is 36.4 Å². The highest BCUT2D eigenvalue weighted by atomic mass is 32.2. The van der Waals surface area contributed by atoms with Crippen LogP contribution in [0.4, 0.5) is 5.69 Å². The Balaban J connectivity index is 1.68. The summed E-state index contributed by atoms with van der Waals surface area (Å²) in [6.45, 7) is 1.78. The normalized spacial score (nSPS) is 16.7. The Labute approximate surface area is 142 Å². The Hall–Kier alpha value is -1.93. The average Bonchev–Trinajstić information content (AvgIpc) is 2.83. The first-order chi connectivity index (χ1) is 11.6. The van der Waals surface area contributed by atoms with Crippen LogP contribution in [0.5, 0.6) is 0 Å². The minimum Gasteiger partial charge on any atom is -0.378 e. The second kappa shape index (κ2) is 7.31. The first-order valence-corrected chi connectivity index (χ1v) is 9.68. The second-order valence-corrected chi connectivity index (χ2v) is 7.93. The number of hydrogen-bond acceptors (Lipinski definition) is 5. The summed E-state index contributed by atoms with van der Waals surface area (Å²) in [6, 6.07) is 6.92. The third-order valence-electron chi connectivity index (χ3n) is 4.31. The lowest BCUT2D eigenvalue weighted by molar-refractivity contribution is 0.424. The molecular weight excluding hydrogens is 326 g/mol. The number of anilines is 1. The zero-order chi connectivity index (χ0) is 17.0. The molecule has 0 radical (unpaired) electrons. The zero-order valence-electron chi connectivity index (χ0n) is 13.9. The van der Waals surface area contributed by atoms with E-state index in [-0.39, 0.29) is 0 Å². The lowest BCUT2D eigenvalue weighted by Crippen LogP contribution is -2.31. The van der Waals surface area contributed by atoms with Crippen molar-refractivity contribution in [2.75, 3.05) is 18.4 Å². The number of nitrogens with zero attached hydrogens (tertiary/aromatic N) is 4. The van der Waals surface area contributed by atoms with Crippen LogP contribution >= 0.6 is 0 Å². The smallest absolute Gasteiger partial charge is 0.243 e. The van der Waals surface area contributed by atoms with Gasteiger partial charge in [0.1, 0.15) is 12.2 Å². The van der Waals surface area contributed by atoms with Crippen molar-refractivity contribution in [3.8, 4) is 0 Å². The van der Waals surface area contributed by atoms with Gasteiger partial charge in [-0.25, -0.2) is 13.4 Å². The zero-order valence-corrected chi connectivity index (χ0v) is 14.7. The van der Waals surface area contributed by atoms with Gasteiger partial charge in [0, 0.05) is 25.8 Å². The molecule has 0 saturated carbocycles. The summed E-state index contributed by atoms with van der Waals surface area (Å²) in [4.78, 5) is 4.50. The first-order valence-electron chi connectivity index (χ1n) is 8.24. The van der Waals surface area contributed by atoms with Gasteiger partial charge in [-0.1, -0.05) is 12.8 Å². The molecule has 0 amide bonds. The fraction of sp³-hybridized carbons (Fsp3) is 0.500. The molecule has 2 aromatic rings. The van der Waals surface area contributed by atoms with E-state index in [9.17, 15) is 8.42 Å². The van der Waals surface area contributed by atoms with E-state index in [2.05, 4.69) is 15.4 Å². The van der Waals surface area contributed by atoms with Crippen LogP contribution in [0.25, 0.3) is 0 Å². The summed E-state index contributed by atoms with van der Waals surface area (Å²) in [5.41, 5.74) is 0.854. The van der Waals surface area contributed by atoms with Crippen molar-refractivity contribution in [2.24, 2.45) is 7.05 Å². The van der Waals surface area contributed by atoms with Crippen molar-refractivity contribution in [2.45, 2.75) is 37.1 Å². The molecule has 1 aromatic heterocycles. The summed E-state index contributed by atoms with van der Waals surface area (Å²) in [5, 5.41) is 7.24. The predicted octanol–water partition coefficient (Wildman–Crippen LogP) is 1.99. The van der Waals surface area contributed by atoms with E-state index in [1.807, 2.05) is 7.05 Å². The number of rotatable bonds is 5. The standard InChI is InChI=1S/C16H23N5O2S/c1-20-16(18-13-19-20)12-17-14-6-8-15(9-7-14)24(22,23)21-10-4-2-3-5-11-21/h6-9,13,17H,2-5,10-12H2,1H3. The number of nitrogens with one attached hydrogen (secondary N) is 1. The molecule has 0 spiro atoms. The lowest BCUT2D eigenvalue weighted by atomic mass is 10.2. The van der Waals surface area contributed by atoms with Crippen molar-refractivity contribution >= 4 is 15.7 Å². The van der Waals surface area contributed by atoms with E-state index in [4.69, 9.17) is 0 Å². The van der Waals surface area contributed by atoms with Crippen LogP contribution in [0.2, 0.25) is 0 Å². The predicted molar refractivity (Wildman–Crippen MR) is 92.0 cm³/mol. The third kappa shape index (κ3) is 3.76. The summed E-state index contributed by atoms with van der Waals surface area (Å²) < 4.78 is 28.8. The molecule has 1 saturated heterocycles. The van der Waals surface area contributed by atoms with Gasteiger partial charge in [-0.3, -0.25) is 4.68 Å². The summed E-state index contributed by atoms with van der Waals surface area (Å²) in [7, 11) is -1.55. The highest BCUT2D eigenvalue weighted by Gasteiger charge is 2.24. The topological polar surface area (TPSA) is 80.1 Å². The van der Waals surface area contributed by atoms with Crippen LogP contribution in [0.3, 0.4) is 0 Å². The van der Waals surface area contributed by atoms with Crippen LogP contribution < -0.4 is 5.32 Å². The van der Waals surface area contributed by atoms with Crippen LogP contribution in [0.15, 0.2) is 35.5 Å². The van der Waals surface area contributed by atoms with Crippen molar-refractivity contribution in [3.63, 3.8) is 0 Å². The average molecular weight is 349 g/mol. The summed E-state index contributed by atoms with van der Waals surface area (Å²) in [6.07, 6.45) is 5.61. The Morgan fingerprint density at radius 3 is 2.33 bits per heavy atom. The van der Waals surface area contributed by atoms with Gasteiger partial charge >= 0.3 is 0 Å². The van der Waals surface area contributed by atoms with E-state index in [1.165, 1.54) is 6.33 Å². The van der Waals surface area contributed by atoms with Crippen LogP contribution in [0, 0.1) is 0 Å². The molecule has 24 heavy (non-hydrogen) atoms. The molecular formula is C16H23N5O2S. The molecule has 1 aliphatic heterocycles. The summed E-state index contributed by atoms with van der Waals surface area (Å²) >= 11 is 0. The van der Waals surface area contributed by atoms with Gasteiger partial charge in [-0.05, 0) is 37.1 Å². The minimum absolute atomic E-state index is 0.355. The fourth-order valence-electron chi connectivity index (χ4n) is 2.84. The lowest BCUT2D eigenvalue weighted by Gasteiger charge is -2.20. The number of sulfonamides is 1. The van der Waals surface area contributed by atoms with Crippen molar-refractivity contribution in [1.82, 2.24) is 19.1 Å². The molecule has 0 bridgehead atoms. The molecule has 2 heterocycles. The highest BCUT2D eigenvalue weighted by Crippen LogP contribution is 2.21. The van der Waals surface area contributed by atoms with E-state index in [1.54, 1.807) is 33.3 Å². The van der Waals surface area contributed by atoms with E-state index >= 15 is 0 Å². The maximum absolute atomic E-state index is 12.7. The Bertz CT molecular complexity index is 762. The number of hydrogen-bond donors (Lipinski definition) is 1. The molecule has 1 aliphatic rings. The molecule has 1 fully saturated rings. The Kier molecular flexibility index (Phi) is 5.15. The maximum atomic E-state index is 12.7. The highest BCUT2D eigenvalue weighted by molar-refractivity contribution is 7.89. The molecule has 1 aromatic carbocycles. The molecule has 7 nitrogen and oxygen atoms in total. The van der Waals surface area contributed by atoms with Gasteiger partial charge in [0.25, 0.3) is 0 Å². The van der Waals surface area contributed by atoms with Crippen LogP contribution in [0.1, 0.15) is 31.5 Å². The van der Waals surface area contributed by atoms with E-state index < -0.39 is 10.0 Å². The van der Waals surface area contributed by atoms with Gasteiger partial charge in [0.2, 0.25) is 10.0 Å². The monoisotopic (exact) mass is 349 g/mol. The van der Waals surface area contributed by atoms with Crippen molar-refractivity contribution < 1.29 is 8.42 Å². The van der Waals surface area contributed by atoms with Crippen LogP contribution in [-0.2, 0) is 23.6 Å². The molecule has 1 N–H and O–H groups in total. The number of aryl methyl sites for hydroxylation is 1. The minimum atomic E-state index is -3.39. The molecule has 130 valence electrons. The van der Waals surface area contributed by atoms with E-state index in [0.717, 1.165) is 37.2 Å². The van der Waals surface area contributed by atoms with E-state index in [0.29, 0.717) is 24.5 Å². The fourth-order valence-corrected chi connectivity index (χ4v) is 4.35. The van der Waals surface area contributed by atoms with Gasteiger partial charge in [-0.2, -0.15) is 9.40 Å². The maximum Gasteiger partial charge on any atom is 0.243 e.